The first-order chi connectivity index (χ1) is 67.1. The molecule has 26 aromatic rings. The quantitative estimate of drug-likeness (QED) is 0.112. The Kier molecular flexibility index (Phi) is 29.7. The van der Waals surface area contributed by atoms with E-state index in [0.29, 0.717) is 17.8 Å². The average Bonchev–Trinajstić information content (AvgIpc) is 1.68. The van der Waals surface area contributed by atoms with Crippen molar-refractivity contribution < 1.29 is 101 Å². The number of benzene rings is 16. The molecule has 0 aliphatic heterocycles. The Morgan fingerprint density at radius 3 is 1.34 bits per heavy atom. The van der Waals surface area contributed by atoms with E-state index in [2.05, 4.69) is 445 Å². The van der Waals surface area contributed by atoms with E-state index in [1.807, 2.05) is 67.3 Å². The summed E-state index contributed by atoms with van der Waals surface area (Å²) in [6.07, 6.45) is 11.9. The smallest absolute Gasteiger partial charge is 0.0774 e. The zero-order chi connectivity index (χ0) is 94.6. The second-order valence-corrected chi connectivity index (χ2v) is 38.8. The molecule has 26 rings (SSSR count). The van der Waals surface area contributed by atoms with Crippen LogP contribution in [0.5, 0.6) is 0 Å². The van der Waals surface area contributed by atoms with Crippen molar-refractivity contribution in [2.45, 2.75) is 127 Å². The molecule has 0 aliphatic carbocycles. The molecule has 0 aliphatic rings. The summed E-state index contributed by atoms with van der Waals surface area (Å²) < 4.78 is 11.3. The molecule has 0 amide bonds. The zero-order valence-electron chi connectivity index (χ0n) is 82.3. The fourth-order valence-corrected chi connectivity index (χ4v) is 21.0. The third-order valence-electron chi connectivity index (χ3n) is 28.0. The molecule has 143 heavy (non-hydrogen) atoms. The van der Waals surface area contributed by atoms with Crippen LogP contribution in [-0.2, 0) is 106 Å². The molecule has 10 nitrogen and oxygen atoms in total. The van der Waals surface area contributed by atoms with Gasteiger partial charge in [-0.2, -0.15) is 0 Å². The van der Waals surface area contributed by atoms with Gasteiger partial charge >= 0.3 is 0 Å². The van der Waals surface area contributed by atoms with Gasteiger partial charge in [-0.05, 0) is 200 Å². The Balaban J connectivity index is 0.000000123. The number of fused-ring (bicyclic) bond motifs is 32. The van der Waals surface area contributed by atoms with E-state index in [4.69, 9.17) is 15.0 Å². The minimum Gasteiger partial charge on any atom is -0.340 e. The first-order valence-electron chi connectivity index (χ1n) is 48.0. The third kappa shape index (κ3) is 18.1. The maximum absolute atomic E-state index is 4.97. The molecule has 0 saturated heterocycles. The molecule has 0 N–H and O–H groups in total. The van der Waals surface area contributed by atoms with E-state index in [9.17, 15) is 0 Å². The van der Waals surface area contributed by atoms with Crippen LogP contribution >= 0.6 is 0 Å². The van der Waals surface area contributed by atoms with E-state index >= 15 is 0 Å². The summed E-state index contributed by atoms with van der Waals surface area (Å²) in [5.41, 5.74) is 38.4. The van der Waals surface area contributed by atoms with Gasteiger partial charge < -0.3 is 22.0 Å². The maximum Gasteiger partial charge on any atom is 0.0774 e. The van der Waals surface area contributed by atoms with Crippen molar-refractivity contribution in [3.63, 3.8) is 0 Å². The Hall–Kier alpha value is -12.9. The Morgan fingerprint density at radius 1 is 0.294 bits per heavy atom. The SMILES string of the molecule is Cc1cc2c3ccc[c-]c3c3ncc(-c4c(C(C)C)cccc4C(C)C)n3c2cc1C.Cc1cc[c-]c2c1c1ccccc1n1c3cc(C(C)C)ccc3nc21.Cc1ccc2c(c1)c1ccc[c-]c1c1nccn21.Cc1cccc(C)c1-c1cc(C(C)(C)C)cc2c3ccc[c-]c3c3nccn3c12.[Ir].[Ir].[Ir].[Ir].[Ir].[c-]1cccc2c1c1ncc(-c3c(-c4ccccc4)cccc3-c3ccccc3)n1c1ccccc21. The first-order valence-corrected chi connectivity index (χ1v) is 48.0. The van der Waals surface area contributed by atoms with Crippen LogP contribution in [0.1, 0.15) is 136 Å². The van der Waals surface area contributed by atoms with Gasteiger partial charge in [0.15, 0.2) is 0 Å². The topological polar surface area (TPSA) is 86.5 Å². The Bertz CT molecular complexity index is 9240. The number of para-hydroxylation sites is 2. The zero-order valence-corrected chi connectivity index (χ0v) is 94.3. The molecule has 0 spiro atoms. The van der Waals surface area contributed by atoms with Crippen molar-refractivity contribution in [3.05, 3.63) is 433 Å². The van der Waals surface area contributed by atoms with Crippen LogP contribution in [0.2, 0.25) is 0 Å². The molecule has 0 fully saturated rings. The molecule has 16 aromatic carbocycles. The van der Waals surface area contributed by atoms with Crippen LogP contribution in [0.15, 0.2) is 347 Å². The number of aryl methyl sites for hydroxylation is 6. The normalized spacial score (nSPS) is 11.5. The molecule has 0 unspecified atom stereocenters. The standard InChI is InChI=1S/C33H21N2.C29H29N2.C27H25N2.C23H19N2.C16H11N2.5Ir/c1-3-12-23(13-4-1)25-19-11-20-26(24-14-5-2-6-15-24)32(25)31-22-34-33-29-18-8-7-16-27(29)28-17-9-10-21-30(28)35(31)33;1-17(2)21-12-9-13-22(18(3)4)28(21)27-16-30-29-24-11-8-7-10-23(24)25-14-19(5)20(6)15-26(25)31(27)29;1-17-9-8-10-18(2)24(17)23-16-19(27(3,4)5)15-22-20-11-6-7-12-21(20)26-28-13-14-29(26)25(22)23;1-14(2)16-11-12-19-21(13-16)25-20-10-5-4-8-17(20)22-15(3)7-6-9-18(22)23(25)24-19;1-11-6-7-15-14(10-11)12-4-2-3-5-13(12)16-17-8-9-18(15)16;;;;;/h1-17,19-22H;7-10,12-18H,1-6H3;6-11,13-16H,1-5H3;4-8,10-14H,1-3H3;2-4,6-10H,1H3;;;;;/q5*-1;;;;;. The number of aromatic nitrogens is 10. The van der Waals surface area contributed by atoms with Crippen LogP contribution in [0.25, 0.3) is 204 Å². The van der Waals surface area contributed by atoms with Crippen molar-refractivity contribution >= 4 is 148 Å². The molecule has 0 saturated carbocycles. The Morgan fingerprint density at radius 2 is 0.769 bits per heavy atom. The molecule has 5 radical (unpaired) electrons. The van der Waals surface area contributed by atoms with Gasteiger partial charge in [0.05, 0.1) is 50.7 Å². The summed E-state index contributed by atoms with van der Waals surface area (Å²) >= 11 is 0. The van der Waals surface area contributed by atoms with Crippen molar-refractivity contribution in [3.8, 4) is 55.9 Å². The second-order valence-electron chi connectivity index (χ2n) is 38.8. The molecular formula is C128H105Ir5N10-5. The third-order valence-corrected chi connectivity index (χ3v) is 28.0. The van der Waals surface area contributed by atoms with Crippen LogP contribution in [0, 0.1) is 71.9 Å². The second kappa shape index (κ2) is 41.8. The van der Waals surface area contributed by atoms with Crippen molar-refractivity contribution in [2.24, 2.45) is 0 Å². The summed E-state index contributed by atoms with van der Waals surface area (Å²) in [4.78, 5) is 24.0. The Labute approximate surface area is 901 Å². The number of pyridine rings is 5. The number of rotatable bonds is 8. The van der Waals surface area contributed by atoms with Gasteiger partial charge in [-0.15, -0.1) is 142 Å². The van der Waals surface area contributed by atoms with Crippen molar-refractivity contribution in [1.29, 1.82) is 0 Å². The van der Waals surface area contributed by atoms with E-state index in [1.54, 1.807) is 0 Å². The van der Waals surface area contributed by atoms with Crippen LogP contribution < -0.4 is 0 Å². The average molecular weight is 2740 g/mol. The minimum atomic E-state index is 0. The van der Waals surface area contributed by atoms with Gasteiger partial charge in [-0.25, -0.2) is 0 Å². The number of imidazole rings is 5. The van der Waals surface area contributed by atoms with Gasteiger partial charge in [0, 0.05) is 182 Å². The molecular weight excluding hydrogens is 2640 g/mol. The van der Waals surface area contributed by atoms with Gasteiger partial charge in [0.2, 0.25) is 0 Å². The van der Waals surface area contributed by atoms with E-state index < -0.39 is 0 Å². The van der Waals surface area contributed by atoms with Gasteiger partial charge in [0.25, 0.3) is 0 Å². The number of hydrogen-bond donors (Lipinski definition) is 0. The van der Waals surface area contributed by atoms with Crippen molar-refractivity contribution in [2.75, 3.05) is 0 Å². The predicted molar refractivity (Wildman–Crippen MR) is 579 cm³/mol. The summed E-state index contributed by atoms with van der Waals surface area (Å²) in [5, 5.41) is 17.7. The van der Waals surface area contributed by atoms with E-state index in [1.165, 1.54) is 187 Å². The fourth-order valence-electron chi connectivity index (χ4n) is 21.0. The number of hydrogen-bond acceptors (Lipinski definition) is 5. The fraction of sp³-hybridized carbons (Fsp3) is 0.148. The van der Waals surface area contributed by atoms with Gasteiger partial charge in [0.1, 0.15) is 0 Å². The minimum absolute atomic E-state index is 0. The molecule has 0 bridgehead atoms. The summed E-state index contributed by atoms with van der Waals surface area (Å²) in [6, 6.07) is 127. The van der Waals surface area contributed by atoms with Crippen LogP contribution in [0.4, 0.5) is 0 Å². The van der Waals surface area contributed by atoms with Crippen molar-refractivity contribution in [1.82, 2.24) is 46.9 Å². The summed E-state index contributed by atoms with van der Waals surface area (Å²) in [5.74, 6) is 1.36. The predicted octanol–water partition coefficient (Wildman–Crippen LogP) is 33.2. The van der Waals surface area contributed by atoms with E-state index in [-0.39, 0.29) is 106 Å². The summed E-state index contributed by atoms with van der Waals surface area (Å²) in [6.45, 7) is 33.5. The van der Waals surface area contributed by atoms with E-state index in [0.717, 1.165) is 71.9 Å². The molecule has 0 atom stereocenters. The largest absolute Gasteiger partial charge is 0.340 e. The first kappa shape index (κ1) is 102. The number of nitrogens with zero attached hydrogens (tertiary/aromatic N) is 10. The summed E-state index contributed by atoms with van der Waals surface area (Å²) in [7, 11) is 0. The molecule has 10 heterocycles. The molecule has 10 aromatic heterocycles. The maximum atomic E-state index is 4.97. The monoisotopic (exact) mass is 2750 g/mol. The van der Waals surface area contributed by atoms with Crippen LogP contribution in [0.3, 0.4) is 0 Å². The van der Waals surface area contributed by atoms with Gasteiger partial charge in [-0.1, -0.05) is 289 Å². The molecule has 15 heteroatoms. The van der Waals surface area contributed by atoms with Gasteiger partial charge in [-0.3, -0.25) is 24.9 Å². The molecule has 717 valence electrons. The van der Waals surface area contributed by atoms with Crippen LogP contribution in [-0.4, -0.2) is 46.9 Å².